The van der Waals surface area contributed by atoms with Gasteiger partial charge in [0.25, 0.3) is 0 Å². The van der Waals surface area contributed by atoms with E-state index >= 15 is 0 Å². The maximum atomic E-state index is 12.1. The first-order valence-corrected chi connectivity index (χ1v) is 12.7. The molecular weight excluding hydrogens is 524 g/mol. The van der Waals surface area contributed by atoms with E-state index in [-0.39, 0.29) is 5.82 Å². The van der Waals surface area contributed by atoms with Gasteiger partial charge in [-0.1, -0.05) is 0 Å². The lowest BCUT2D eigenvalue weighted by Crippen LogP contribution is -2.54. The van der Waals surface area contributed by atoms with Crippen molar-refractivity contribution in [2.45, 2.75) is 56.1 Å². The van der Waals surface area contributed by atoms with E-state index in [0.29, 0.717) is 0 Å². The van der Waals surface area contributed by atoms with E-state index in [0.717, 1.165) is 17.7 Å². The molecule has 18 nitrogen and oxygen atoms in total. The summed E-state index contributed by atoms with van der Waals surface area (Å²) < 4.78 is 48.2. The SMILES string of the molecule is C[C@H]1O[C@H](OP(=O)(O)OP(=O)(O)OC[C@H]2O[C@@H](n3ccc(N)nc3=O)[C@H](O)[C@@H]2O)[C@H](O)[C@H](O)C1=O. The van der Waals surface area contributed by atoms with Gasteiger partial charge < -0.3 is 45.4 Å². The van der Waals surface area contributed by atoms with Crippen LogP contribution >= 0.6 is 15.6 Å². The molecule has 0 aliphatic carbocycles. The van der Waals surface area contributed by atoms with Crippen LogP contribution < -0.4 is 11.4 Å². The number of hydrogen-bond donors (Lipinski definition) is 7. The van der Waals surface area contributed by atoms with Gasteiger partial charge in [0.05, 0.1) is 6.61 Å². The van der Waals surface area contributed by atoms with Crippen molar-refractivity contribution in [1.82, 2.24) is 9.55 Å². The number of carbonyl (C=O) groups is 1. The van der Waals surface area contributed by atoms with E-state index < -0.39 is 82.9 Å². The Morgan fingerprint density at radius 1 is 1.09 bits per heavy atom. The zero-order valence-electron chi connectivity index (χ0n) is 17.7. The van der Waals surface area contributed by atoms with Crippen molar-refractivity contribution in [2.24, 2.45) is 0 Å². The fourth-order valence-electron chi connectivity index (χ4n) is 3.18. The van der Waals surface area contributed by atoms with Crippen LogP contribution in [0.5, 0.6) is 0 Å². The van der Waals surface area contributed by atoms with Crippen LogP contribution in [0.15, 0.2) is 17.1 Å². The van der Waals surface area contributed by atoms with Crippen molar-refractivity contribution in [2.75, 3.05) is 12.3 Å². The van der Waals surface area contributed by atoms with E-state index in [2.05, 4.69) is 18.3 Å². The number of rotatable bonds is 8. The third kappa shape index (κ3) is 6.39. The molecular formula is C15H23N3O15P2. The lowest BCUT2D eigenvalue weighted by molar-refractivity contribution is -0.226. The number of aromatic nitrogens is 2. The number of aliphatic hydroxyl groups is 4. The lowest BCUT2D eigenvalue weighted by atomic mass is 10.0. The Kier molecular flexibility index (Phi) is 8.30. The van der Waals surface area contributed by atoms with E-state index in [9.17, 15) is 48.9 Å². The number of Topliss-reactive ketones (excluding diaryl/α,β-unsaturated/α-hetero) is 1. The molecule has 20 heteroatoms. The van der Waals surface area contributed by atoms with Gasteiger partial charge in [0.2, 0.25) is 0 Å². The Balaban J connectivity index is 1.61. The third-order valence-corrected chi connectivity index (χ3v) is 7.54. The molecule has 0 amide bonds. The second-order valence-electron chi connectivity index (χ2n) is 7.49. The van der Waals surface area contributed by atoms with Crippen LogP contribution in [0.3, 0.4) is 0 Å². The molecule has 8 N–H and O–H groups in total. The zero-order chi connectivity index (χ0) is 26.3. The molecule has 1 aromatic rings. The molecule has 2 aliphatic heterocycles. The first-order chi connectivity index (χ1) is 16.1. The first-order valence-electron chi connectivity index (χ1n) is 9.73. The van der Waals surface area contributed by atoms with Gasteiger partial charge in [-0.2, -0.15) is 9.29 Å². The molecule has 3 heterocycles. The number of aliphatic hydroxyl groups excluding tert-OH is 4. The summed E-state index contributed by atoms with van der Waals surface area (Å²) >= 11 is 0. The molecule has 0 bridgehead atoms. The first kappa shape index (κ1) is 27.9. The average molecular weight is 547 g/mol. The molecule has 10 atom stereocenters. The Hall–Kier alpha value is -1.63. The molecule has 2 fully saturated rings. The quantitative estimate of drug-likeness (QED) is 0.157. The van der Waals surface area contributed by atoms with Gasteiger partial charge in [0, 0.05) is 6.20 Å². The number of nitrogens with two attached hydrogens (primary N) is 1. The summed E-state index contributed by atoms with van der Waals surface area (Å²) in [5.74, 6) is -1.05. The van der Waals surface area contributed by atoms with E-state index in [1.165, 1.54) is 6.07 Å². The highest BCUT2D eigenvalue weighted by Crippen LogP contribution is 2.61. The number of ketones is 1. The van der Waals surface area contributed by atoms with Crippen LogP contribution in [0.25, 0.3) is 0 Å². The normalized spacial score (nSPS) is 37.1. The largest absolute Gasteiger partial charge is 0.483 e. The Morgan fingerprint density at radius 3 is 2.37 bits per heavy atom. The molecule has 0 radical (unpaired) electrons. The van der Waals surface area contributed by atoms with Crippen molar-refractivity contribution >= 4 is 27.2 Å². The maximum Gasteiger partial charge on any atom is 0.483 e. The summed E-state index contributed by atoms with van der Waals surface area (Å²) in [7, 11) is -10.9. The molecule has 0 aromatic carbocycles. The summed E-state index contributed by atoms with van der Waals surface area (Å²) in [4.78, 5) is 46.4. The number of phosphoric acid groups is 2. The van der Waals surface area contributed by atoms with Crippen molar-refractivity contribution in [3.63, 3.8) is 0 Å². The van der Waals surface area contributed by atoms with Crippen LogP contribution in [-0.4, -0.2) is 95.1 Å². The zero-order valence-corrected chi connectivity index (χ0v) is 19.5. The monoisotopic (exact) mass is 547 g/mol. The molecule has 2 unspecified atom stereocenters. The van der Waals surface area contributed by atoms with Crippen LogP contribution in [0, 0.1) is 0 Å². The summed E-state index contributed by atoms with van der Waals surface area (Å²) in [5.41, 5.74) is 4.45. The van der Waals surface area contributed by atoms with Gasteiger partial charge in [-0.25, -0.2) is 13.9 Å². The summed E-state index contributed by atoms with van der Waals surface area (Å²) in [6.45, 7) is 0.173. The van der Waals surface area contributed by atoms with Gasteiger partial charge in [-0.05, 0) is 13.0 Å². The fraction of sp³-hybridized carbons (Fsp3) is 0.667. The van der Waals surface area contributed by atoms with E-state index in [4.69, 9.17) is 15.2 Å². The van der Waals surface area contributed by atoms with Gasteiger partial charge in [-0.3, -0.25) is 18.4 Å². The molecule has 35 heavy (non-hydrogen) atoms. The van der Waals surface area contributed by atoms with Gasteiger partial charge in [0.1, 0.15) is 42.4 Å². The minimum Gasteiger partial charge on any atom is -0.387 e. The Morgan fingerprint density at radius 2 is 1.74 bits per heavy atom. The van der Waals surface area contributed by atoms with Crippen LogP contribution in [0.4, 0.5) is 5.82 Å². The maximum absolute atomic E-state index is 12.1. The number of phosphoric ester groups is 2. The van der Waals surface area contributed by atoms with Crippen molar-refractivity contribution in [1.29, 1.82) is 0 Å². The molecule has 0 spiro atoms. The third-order valence-electron chi connectivity index (χ3n) is 4.94. The number of anilines is 1. The fourth-order valence-corrected chi connectivity index (χ4v) is 5.34. The molecule has 2 aliphatic rings. The predicted molar refractivity (Wildman–Crippen MR) is 108 cm³/mol. The Bertz CT molecular complexity index is 1100. The molecule has 2 saturated heterocycles. The van der Waals surface area contributed by atoms with E-state index in [1.807, 2.05) is 0 Å². The standard InChI is InChI=1S/C15H23N3O15P2/c1-5-8(19)10(21)12(23)14(30-5)32-35(27,28)33-34(25,26)29-4-6-9(20)11(22)13(31-6)18-3-2-7(16)17-15(18)24/h2-3,5-6,9-14,20-23H,4H2,1H3,(H,25,26)(H,27,28)(H2,16,17,24)/t5-,6-,9-,10-,11-,12-,13-,14-/m1/s1. The van der Waals surface area contributed by atoms with Crippen LogP contribution in [-0.2, 0) is 36.8 Å². The summed E-state index contributed by atoms with van der Waals surface area (Å²) in [5, 5.41) is 39.7. The van der Waals surface area contributed by atoms with Gasteiger partial charge in [0.15, 0.2) is 18.3 Å². The van der Waals surface area contributed by atoms with Crippen LogP contribution in [0.1, 0.15) is 13.2 Å². The van der Waals surface area contributed by atoms with E-state index in [1.54, 1.807) is 0 Å². The topological polar surface area (TPSA) is 280 Å². The minimum atomic E-state index is -5.52. The second-order valence-corrected chi connectivity index (χ2v) is 10.5. The summed E-state index contributed by atoms with van der Waals surface area (Å²) in [6, 6.07) is 1.21. The van der Waals surface area contributed by atoms with Gasteiger partial charge >= 0.3 is 21.3 Å². The number of ether oxygens (including phenoxy) is 2. The molecule has 1 aromatic heterocycles. The highest BCUT2D eigenvalue weighted by molar-refractivity contribution is 7.61. The van der Waals surface area contributed by atoms with Crippen molar-refractivity contribution in [3.05, 3.63) is 22.7 Å². The van der Waals surface area contributed by atoms with Crippen molar-refractivity contribution < 1.29 is 67.0 Å². The number of hydrogen-bond acceptors (Lipinski definition) is 15. The second kappa shape index (κ2) is 10.4. The highest BCUT2D eigenvalue weighted by Gasteiger charge is 2.49. The number of nitrogens with zero attached hydrogens (tertiary/aromatic N) is 2. The van der Waals surface area contributed by atoms with Crippen molar-refractivity contribution in [3.8, 4) is 0 Å². The lowest BCUT2D eigenvalue weighted by Gasteiger charge is -2.34. The Labute approximate surface area is 195 Å². The molecule has 198 valence electrons. The smallest absolute Gasteiger partial charge is 0.387 e. The minimum absolute atomic E-state index is 0.116. The van der Waals surface area contributed by atoms with Crippen LogP contribution in [0.2, 0.25) is 0 Å². The average Bonchev–Trinajstić information content (AvgIpc) is 3.02. The predicted octanol–water partition coefficient (Wildman–Crippen LogP) is -3.27. The number of nitrogen functional groups attached to an aromatic ring is 1. The number of carbonyl (C=O) groups excluding carboxylic acids is 1. The van der Waals surface area contributed by atoms with Gasteiger partial charge in [-0.15, -0.1) is 0 Å². The summed E-state index contributed by atoms with van der Waals surface area (Å²) in [6.07, 6.45) is -12.9. The molecule has 3 rings (SSSR count). The molecule has 0 saturated carbocycles. The highest BCUT2D eigenvalue weighted by atomic mass is 31.3.